The second-order valence-corrected chi connectivity index (χ2v) is 6.72. The van der Waals surface area contributed by atoms with E-state index in [2.05, 4.69) is 0 Å². The number of rotatable bonds is 0. The van der Waals surface area contributed by atoms with E-state index in [4.69, 9.17) is 9.47 Å². The normalized spacial score (nSPS) is 32.4. The molecule has 0 radical (unpaired) electrons. The van der Waals surface area contributed by atoms with Gasteiger partial charge in [0.15, 0.2) is 0 Å². The Hall–Kier alpha value is -0.810. The number of aliphatic hydroxyl groups excluding tert-OH is 1. The van der Waals surface area contributed by atoms with Crippen molar-refractivity contribution in [1.29, 1.82) is 0 Å². The minimum atomic E-state index is -0.494. The van der Waals surface area contributed by atoms with Crippen LogP contribution in [0.1, 0.15) is 40.0 Å². The molecule has 1 spiro atoms. The van der Waals surface area contributed by atoms with Crippen LogP contribution in [0.5, 0.6) is 0 Å². The predicted octanol–water partition coefficient (Wildman–Crippen LogP) is 1.78. The Morgan fingerprint density at radius 2 is 2.21 bits per heavy atom. The van der Waals surface area contributed by atoms with Gasteiger partial charge in [-0.15, -0.1) is 0 Å². The van der Waals surface area contributed by atoms with Gasteiger partial charge in [-0.25, -0.2) is 4.79 Å². The summed E-state index contributed by atoms with van der Waals surface area (Å²) in [4.78, 5) is 13.9. The molecule has 1 aliphatic heterocycles. The van der Waals surface area contributed by atoms with Gasteiger partial charge in [-0.1, -0.05) is 6.42 Å². The second kappa shape index (κ2) is 5.29. The number of carbonyl (C=O) groups excluding carboxylic acids is 1. The van der Waals surface area contributed by atoms with Crippen molar-refractivity contribution >= 4 is 6.09 Å². The third kappa shape index (κ3) is 3.39. The summed E-state index contributed by atoms with van der Waals surface area (Å²) in [5.74, 6) is 0. The highest BCUT2D eigenvalue weighted by Crippen LogP contribution is 2.40. The molecule has 2 aliphatic rings. The fourth-order valence-corrected chi connectivity index (χ4v) is 2.91. The molecule has 1 saturated carbocycles. The maximum absolute atomic E-state index is 12.2. The smallest absolute Gasteiger partial charge is 0.410 e. The third-order valence-electron chi connectivity index (χ3n) is 3.91. The lowest BCUT2D eigenvalue weighted by molar-refractivity contribution is -0.0204. The Morgan fingerprint density at radius 3 is 2.79 bits per heavy atom. The first-order valence-corrected chi connectivity index (χ1v) is 7.06. The van der Waals surface area contributed by atoms with E-state index in [1.165, 1.54) is 0 Å². The van der Waals surface area contributed by atoms with Crippen LogP contribution in [0, 0.1) is 5.41 Å². The van der Waals surface area contributed by atoms with E-state index in [-0.39, 0.29) is 17.6 Å². The van der Waals surface area contributed by atoms with E-state index in [0.717, 1.165) is 19.3 Å². The van der Waals surface area contributed by atoms with Crippen LogP contribution in [0.3, 0.4) is 0 Å². The highest BCUT2D eigenvalue weighted by atomic mass is 16.6. The maximum atomic E-state index is 12.2. The first-order chi connectivity index (χ1) is 8.82. The van der Waals surface area contributed by atoms with Gasteiger partial charge in [0.2, 0.25) is 0 Å². The molecule has 5 heteroatoms. The van der Waals surface area contributed by atoms with Gasteiger partial charge in [-0.2, -0.15) is 0 Å². The van der Waals surface area contributed by atoms with Crippen LogP contribution in [-0.4, -0.2) is 54.1 Å². The predicted molar refractivity (Wildman–Crippen MR) is 70.9 cm³/mol. The van der Waals surface area contributed by atoms with Crippen molar-refractivity contribution in [2.75, 3.05) is 26.3 Å². The van der Waals surface area contributed by atoms with E-state index < -0.39 is 5.60 Å². The molecule has 1 heterocycles. The molecule has 5 nitrogen and oxygen atoms in total. The van der Waals surface area contributed by atoms with E-state index in [1.807, 2.05) is 20.8 Å². The number of carbonyl (C=O) groups is 1. The van der Waals surface area contributed by atoms with E-state index in [0.29, 0.717) is 26.3 Å². The van der Waals surface area contributed by atoms with E-state index in [9.17, 15) is 9.90 Å². The topological polar surface area (TPSA) is 59.0 Å². The number of ether oxygens (including phenoxy) is 2. The van der Waals surface area contributed by atoms with E-state index >= 15 is 0 Å². The van der Waals surface area contributed by atoms with Crippen LogP contribution < -0.4 is 0 Å². The molecule has 110 valence electrons. The van der Waals surface area contributed by atoms with Gasteiger partial charge in [0.05, 0.1) is 19.3 Å². The van der Waals surface area contributed by atoms with E-state index in [1.54, 1.807) is 4.90 Å². The Labute approximate surface area is 114 Å². The molecule has 2 fully saturated rings. The maximum Gasteiger partial charge on any atom is 0.410 e. The fourth-order valence-electron chi connectivity index (χ4n) is 2.91. The van der Waals surface area contributed by atoms with Crippen molar-refractivity contribution < 1.29 is 19.4 Å². The minimum absolute atomic E-state index is 0.298. The van der Waals surface area contributed by atoms with Crippen molar-refractivity contribution in [3.8, 4) is 0 Å². The highest BCUT2D eigenvalue weighted by Gasteiger charge is 2.46. The fraction of sp³-hybridized carbons (Fsp3) is 0.929. The van der Waals surface area contributed by atoms with Crippen LogP contribution in [0.2, 0.25) is 0 Å². The quantitative estimate of drug-likeness (QED) is 0.729. The lowest BCUT2D eigenvalue weighted by Crippen LogP contribution is -2.47. The second-order valence-electron chi connectivity index (χ2n) is 6.72. The Kier molecular flexibility index (Phi) is 4.06. The number of amides is 1. The molecule has 2 atom stereocenters. The van der Waals surface area contributed by atoms with Gasteiger partial charge in [-0.05, 0) is 33.6 Å². The molecule has 1 aliphatic carbocycles. The largest absolute Gasteiger partial charge is 0.444 e. The van der Waals surface area contributed by atoms with Gasteiger partial charge < -0.3 is 19.5 Å². The standard InChI is InChI=1S/C14H25NO4/c1-13(2,3)19-12(17)15-7-8-18-10-14(9-15)6-4-5-11(14)16/h11,16H,4-10H2,1-3H3. The number of hydrogen-bond acceptors (Lipinski definition) is 4. The molecule has 2 unspecified atom stereocenters. The Morgan fingerprint density at radius 1 is 1.47 bits per heavy atom. The zero-order chi connectivity index (χ0) is 14.1. The van der Waals surface area contributed by atoms with Crippen molar-refractivity contribution in [3.05, 3.63) is 0 Å². The highest BCUT2D eigenvalue weighted by molar-refractivity contribution is 5.68. The molecule has 1 saturated heterocycles. The van der Waals surface area contributed by atoms with Gasteiger partial charge in [0.1, 0.15) is 5.60 Å². The summed E-state index contributed by atoms with van der Waals surface area (Å²) in [7, 11) is 0. The van der Waals surface area contributed by atoms with Crippen LogP contribution in [-0.2, 0) is 9.47 Å². The lowest BCUT2D eigenvalue weighted by atomic mass is 9.84. The van der Waals surface area contributed by atoms with Crippen LogP contribution in [0.25, 0.3) is 0 Å². The average molecular weight is 271 g/mol. The molecule has 2 rings (SSSR count). The zero-order valence-corrected chi connectivity index (χ0v) is 12.1. The van der Waals surface area contributed by atoms with Crippen molar-refractivity contribution in [2.45, 2.75) is 51.7 Å². The summed E-state index contributed by atoms with van der Waals surface area (Å²) >= 11 is 0. The first kappa shape index (κ1) is 14.6. The monoisotopic (exact) mass is 271 g/mol. The molecule has 19 heavy (non-hydrogen) atoms. The number of nitrogens with zero attached hydrogens (tertiary/aromatic N) is 1. The summed E-state index contributed by atoms with van der Waals surface area (Å²) in [6.07, 6.45) is 2.01. The van der Waals surface area contributed by atoms with Crippen LogP contribution in [0.4, 0.5) is 4.79 Å². The van der Waals surface area contributed by atoms with Crippen molar-refractivity contribution in [2.24, 2.45) is 5.41 Å². The summed E-state index contributed by atoms with van der Waals surface area (Å²) < 4.78 is 11.0. The molecule has 0 aromatic rings. The molecule has 0 bridgehead atoms. The molecule has 1 amide bonds. The summed E-state index contributed by atoms with van der Waals surface area (Å²) in [5, 5.41) is 10.2. The lowest BCUT2D eigenvalue weighted by Gasteiger charge is -2.35. The summed E-state index contributed by atoms with van der Waals surface area (Å²) in [6.45, 7) is 7.69. The van der Waals surface area contributed by atoms with Crippen LogP contribution >= 0.6 is 0 Å². The minimum Gasteiger partial charge on any atom is -0.444 e. The first-order valence-electron chi connectivity index (χ1n) is 7.06. The molecular weight excluding hydrogens is 246 g/mol. The number of aliphatic hydroxyl groups is 1. The third-order valence-corrected chi connectivity index (χ3v) is 3.91. The summed E-state index contributed by atoms with van der Waals surface area (Å²) in [5.41, 5.74) is -0.793. The van der Waals surface area contributed by atoms with Gasteiger partial charge >= 0.3 is 6.09 Å². The zero-order valence-electron chi connectivity index (χ0n) is 12.1. The Bertz CT molecular complexity index is 339. The number of hydrogen-bond donors (Lipinski definition) is 1. The SMILES string of the molecule is CC(C)(C)OC(=O)N1CCOCC2(CCCC2O)C1. The van der Waals surface area contributed by atoms with Gasteiger partial charge in [-0.3, -0.25) is 0 Å². The van der Waals surface area contributed by atoms with Crippen molar-refractivity contribution in [1.82, 2.24) is 4.90 Å². The molecule has 0 aromatic heterocycles. The van der Waals surface area contributed by atoms with Crippen LogP contribution in [0.15, 0.2) is 0 Å². The molecule has 0 aromatic carbocycles. The molecule has 1 N–H and O–H groups in total. The van der Waals surface area contributed by atoms with Gasteiger partial charge in [0.25, 0.3) is 0 Å². The van der Waals surface area contributed by atoms with Gasteiger partial charge in [0, 0.05) is 18.5 Å². The summed E-state index contributed by atoms with van der Waals surface area (Å²) in [6, 6.07) is 0. The molecular formula is C14H25NO4. The van der Waals surface area contributed by atoms with Crippen molar-refractivity contribution in [3.63, 3.8) is 0 Å². The Balaban J connectivity index is 2.06. The average Bonchev–Trinajstić information content (AvgIpc) is 2.51.